The Balaban J connectivity index is -0.000000219. The van der Waals surface area contributed by atoms with Crippen molar-refractivity contribution >= 4 is 0 Å². The molecule has 0 radical (unpaired) electrons. The maximum Gasteiger partial charge on any atom is 0.0540 e. The zero-order valence-electron chi connectivity index (χ0n) is 44.7. The van der Waals surface area contributed by atoms with E-state index in [0.717, 1.165) is 57.8 Å². The summed E-state index contributed by atoms with van der Waals surface area (Å²) in [4.78, 5) is 0. The van der Waals surface area contributed by atoms with Crippen LogP contribution in [-0.4, -0.2) is 56.6 Å². The first-order valence-corrected chi connectivity index (χ1v) is 28.4. The van der Waals surface area contributed by atoms with Gasteiger partial charge in [-0.3, -0.25) is 0 Å². The normalized spacial score (nSPS) is 12.7. The van der Waals surface area contributed by atoms with Gasteiger partial charge in [0, 0.05) is 6.61 Å². The van der Waals surface area contributed by atoms with E-state index < -0.39 is 0 Å². The molecule has 5 N–H and O–H groups in total. The monoisotopic (exact) mass is 889 g/mol. The molecule has 0 saturated heterocycles. The summed E-state index contributed by atoms with van der Waals surface area (Å²) in [6.45, 7) is 19.8. The van der Waals surface area contributed by atoms with Crippen molar-refractivity contribution in [2.75, 3.05) is 6.61 Å². The lowest BCUT2D eigenvalue weighted by Crippen LogP contribution is -2.05. The second-order valence-electron chi connectivity index (χ2n) is 18.9. The highest BCUT2D eigenvalue weighted by molar-refractivity contribution is 4.57. The zero-order chi connectivity index (χ0) is 47.4. The molecule has 0 aliphatic rings. The summed E-state index contributed by atoms with van der Waals surface area (Å²) >= 11 is 0. The molecule has 0 aromatic carbocycles. The first kappa shape index (κ1) is 70.8. The molecule has 0 spiro atoms. The number of hydrogen-bond donors (Lipinski definition) is 5. The minimum Gasteiger partial charge on any atom is -0.396 e. The third-order valence-electron chi connectivity index (χ3n) is 11.9. The molecular weight excluding hydrogens is 765 g/mol. The first-order valence-electron chi connectivity index (χ1n) is 28.4. The number of aliphatic hydroxyl groups is 5. The lowest BCUT2D eigenvalue weighted by Gasteiger charge is -2.08. The van der Waals surface area contributed by atoms with Crippen molar-refractivity contribution in [2.45, 2.75) is 363 Å². The molecule has 382 valence electrons. The number of hydrogen-bond acceptors (Lipinski definition) is 5. The Morgan fingerprint density at radius 2 is 0.484 bits per heavy atom. The van der Waals surface area contributed by atoms with Gasteiger partial charge in [-0.25, -0.2) is 0 Å². The summed E-state index contributed by atoms with van der Waals surface area (Å²) < 4.78 is 0. The second kappa shape index (κ2) is 69.8. The fourth-order valence-electron chi connectivity index (χ4n) is 7.39. The molecule has 5 nitrogen and oxygen atoms in total. The molecule has 0 aromatic rings. The van der Waals surface area contributed by atoms with Crippen molar-refractivity contribution < 1.29 is 25.5 Å². The number of aliphatic hydroxyl groups excluding tert-OH is 5. The molecule has 0 rings (SSSR count). The average molecular weight is 890 g/mol. The largest absolute Gasteiger partial charge is 0.396 e. The quantitative estimate of drug-likeness (QED) is 0.0393. The van der Waals surface area contributed by atoms with Crippen molar-refractivity contribution in [3.63, 3.8) is 0 Å². The van der Waals surface area contributed by atoms with Gasteiger partial charge in [-0.1, -0.05) is 280 Å². The van der Waals surface area contributed by atoms with Gasteiger partial charge in [-0.05, 0) is 58.3 Å². The maximum atomic E-state index is 9.54. The van der Waals surface area contributed by atoms with Crippen LogP contribution in [0.4, 0.5) is 0 Å². The van der Waals surface area contributed by atoms with Crippen LogP contribution < -0.4 is 0 Å². The average Bonchev–Trinajstić information content (AvgIpc) is 3.26. The second-order valence-corrected chi connectivity index (χ2v) is 18.9. The van der Waals surface area contributed by atoms with E-state index in [0.29, 0.717) is 6.61 Å². The molecule has 0 aliphatic carbocycles. The fourth-order valence-corrected chi connectivity index (χ4v) is 7.39. The van der Waals surface area contributed by atoms with Crippen molar-refractivity contribution in [3.8, 4) is 0 Å². The van der Waals surface area contributed by atoms with E-state index in [4.69, 9.17) is 10.2 Å². The summed E-state index contributed by atoms with van der Waals surface area (Å²) in [7, 11) is 0. The van der Waals surface area contributed by atoms with E-state index in [1.807, 2.05) is 13.8 Å². The van der Waals surface area contributed by atoms with Gasteiger partial charge >= 0.3 is 0 Å². The van der Waals surface area contributed by atoms with Gasteiger partial charge in [0.15, 0.2) is 0 Å². The molecule has 4 unspecified atom stereocenters. The summed E-state index contributed by atoms with van der Waals surface area (Å²) in [6.07, 6.45) is 53.8. The third kappa shape index (κ3) is 83.4. The summed E-state index contributed by atoms with van der Waals surface area (Å²) in [6, 6.07) is 0. The van der Waals surface area contributed by atoms with Gasteiger partial charge in [0.1, 0.15) is 0 Å². The van der Waals surface area contributed by atoms with Crippen LogP contribution in [0, 0.1) is 0 Å². The molecule has 0 aromatic heterocycles. The van der Waals surface area contributed by atoms with Gasteiger partial charge < -0.3 is 25.5 Å². The predicted octanol–water partition coefficient (Wildman–Crippen LogP) is 18.3. The minimum atomic E-state index is -0.0971. The Morgan fingerprint density at radius 3 is 0.758 bits per heavy atom. The van der Waals surface area contributed by atoms with Crippen LogP contribution in [0.15, 0.2) is 0 Å². The Hall–Kier alpha value is -0.200. The Morgan fingerprint density at radius 1 is 0.242 bits per heavy atom. The molecule has 0 aliphatic heterocycles. The minimum absolute atomic E-state index is 0.0263. The van der Waals surface area contributed by atoms with Crippen LogP contribution in [0.25, 0.3) is 0 Å². The summed E-state index contributed by atoms with van der Waals surface area (Å²) in [5.41, 5.74) is 0. The molecule has 4 atom stereocenters. The summed E-state index contributed by atoms with van der Waals surface area (Å²) in [5, 5.41) is 45.8. The van der Waals surface area contributed by atoms with Crippen LogP contribution in [0.2, 0.25) is 0 Å². The molecule has 0 heterocycles. The summed E-state index contributed by atoms with van der Waals surface area (Å²) in [5.74, 6) is 0. The van der Waals surface area contributed by atoms with Gasteiger partial charge in [0.05, 0.1) is 24.4 Å². The number of unbranched alkanes of at least 4 members (excludes halogenated alkanes) is 29. The van der Waals surface area contributed by atoms with Crippen LogP contribution in [0.1, 0.15) is 338 Å². The highest BCUT2D eigenvalue weighted by Crippen LogP contribution is 2.14. The molecule has 62 heavy (non-hydrogen) atoms. The van der Waals surface area contributed by atoms with Gasteiger partial charge in [-0.15, -0.1) is 0 Å². The Bertz CT molecular complexity index is 665. The number of rotatable bonds is 43. The van der Waals surface area contributed by atoms with E-state index in [9.17, 15) is 15.3 Å². The standard InChI is InChI=1S/4C12H26O.C9H20O/c1-3-4-5-6-7-8-9-10-11-12(2)13;1-3-5-6-7-8-9-10-11-12(13)4-2;1-3-5-6-7-8-9-11-12(13)10-4-2;1-3-5-7-8-9-11-12(13)10-6-4-2;1-2-3-4-5-6-7-8-9-10/h4*12-13H,3-11H2,1-2H3;10H,2-9H2,1H3. The smallest absolute Gasteiger partial charge is 0.0540 e. The molecular formula is C57H124O5. The van der Waals surface area contributed by atoms with E-state index >= 15 is 0 Å². The maximum absolute atomic E-state index is 9.54. The molecule has 0 bridgehead atoms. The van der Waals surface area contributed by atoms with Crippen LogP contribution in [0.3, 0.4) is 0 Å². The fraction of sp³-hybridized carbons (Fsp3) is 1.00. The third-order valence-corrected chi connectivity index (χ3v) is 11.9. The van der Waals surface area contributed by atoms with Crippen molar-refractivity contribution in [1.82, 2.24) is 0 Å². The highest BCUT2D eigenvalue weighted by Gasteiger charge is 2.03. The first-order chi connectivity index (χ1) is 30.1. The van der Waals surface area contributed by atoms with E-state index in [2.05, 4.69) is 48.5 Å². The topological polar surface area (TPSA) is 101 Å². The van der Waals surface area contributed by atoms with Gasteiger partial charge in [0.25, 0.3) is 0 Å². The molecule has 5 heteroatoms. The van der Waals surface area contributed by atoms with Gasteiger partial charge in [0.2, 0.25) is 0 Å². The van der Waals surface area contributed by atoms with Crippen molar-refractivity contribution in [3.05, 3.63) is 0 Å². The van der Waals surface area contributed by atoms with Crippen molar-refractivity contribution in [1.29, 1.82) is 0 Å². The van der Waals surface area contributed by atoms with Crippen molar-refractivity contribution in [2.24, 2.45) is 0 Å². The molecule has 0 fully saturated rings. The van der Waals surface area contributed by atoms with Crippen LogP contribution in [-0.2, 0) is 0 Å². The lowest BCUT2D eigenvalue weighted by atomic mass is 10.0. The Kier molecular flexibility index (Phi) is 79.8. The predicted molar refractivity (Wildman–Crippen MR) is 281 cm³/mol. The van der Waals surface area contributed by atoms with E-state index in [1.54, 1.807) is 0 Å². The van der Waals surface area contributed by atoms with Crippen LogP contribution >= 0.6 is 0 Å². The zero-order valence-corrected chi connectivity index (χ0v) is 44.7. The Labute approximate surface area is 393 Å². The molecule has 0 amide bonds. The molecule has 0 saturated carbocycles. The highest BCUT2D eigenvalue weighted by atomic mass is 16.3. The SMILES string of the molecule is CCCCCCCC(O)CCCC.CCCCCCCCC(O)CCC.CCCCCCCCCC(O)CC.CCCCCCCCCCC(C)O.CCCCCCCCCO. The van der Waals surface area contributed by atoms with Crippen LogP contribution in [0.5, 0.6) is 0 Å². The van der Waals surface area contributed by atoms with Gasteiger partial charge in [-0.2, -0.15) is 0 Å². The van der Waals surface area contributed by atoms with E-state index in [1.165, 1.54) is 218 Å². The lowest BCUT2D eigenvalue weighted by molar-refractivity contribution is 0.148. The van der Waals surface area contributed by atoms with E-state index in [-0.39, 0.29) is 24.4 Å².